The monoisotopic (exact) mass is 317 g/mol. The zero-order valence-corrected chi connectivity index (χ0v) is 13.4. The molecule has 0 heterocycles. The van der Waals surface area contributed by atoms with Crippen molar-refractivity contribution in [1.82, 2.24) is 5.32 Å². The predicted molar refractivity (Wildman–Crippen MR) is 88.8 cm³/mol. The van der Waals surface area contributed by atoms with E-state index in [-0.39, 0.29) is 5.91 Å². The van der Waals surface area contributed by atoms with Crippen molar-refractivity contribution in [3.05, 3.63) is 70.2 Å². The van der Waals surface area contributed by atoms with Crippen molar-refractivity contribution < 1.29 is 9.53 Å². The maximum atomic E-state index is 12.0. The van der Waals surface area contributed by atoms with Crippen LogP contribution in [-0.4, -0.2) is 13.0 Å². The molecule has 1 amide bonds. The van der Waals surface area contributed by atoms with E-state index < -0.39 is 0 Å². The Kier molecular flexibility index (Phi) is 6.44. The van der Waals surface area contributed by atoms with Gasteiger partial charge in [-0.05, 0) is 35.2 Å². The number of halogens is 1. The largest absolute Gasteiger partial charge is 0.380 e. The average molecular weight is 318 g/mol. The van der Waals surface area contributed by atoms with Crippen molar-refractivity contribution in [3.8, 4) is 0 Å². The fourth-order valence-electron chi connectivity index (χ4n) is 2.22. The summed E-state index contributed by atoms with van der Waals surface area (Å²) in [4.78, 5) is 12.0. The summed E-state index contributed by atoms with van der Waals surface area (Å²) >= 11 is 5.84. The first-order chi connectivity index (χ1) is 10.7. The van der Waals surface area contributed by atoms with Gasteiger partial charge in [-0.15, -0.1) is 0 Å². The van der Waals surface area contributed by atoms with Crippen LogP contribution in [0.1, 0.15) is 23.1 Å². The second kappa shape index (κ2) is 8.57. The molecule has 0 atom stereocenters. The Balaban J connectivity index is 1.81. The van der Waals surface area contributed by atoms with Crippen LogP contribution in [0.5, 0.6) is 0 Å². The minimum Gasteiger partial charge on any atom is -0.380 e. The molecule has 2 aromatic carbocycles. The van der Waals surface area contributed by atoms with Crippen LogP contribution in [0, 0.1) is 0 Å². The van der Waals surface area contributed by atoms with E-state index in [0.29, 0.717) is 31.0 Å². The van der Waals surface area contributed by atoms with Crippen molar-refractivity contribution in [2.45, 2.75) is 26.0 Å². The maximum Gasteiger partial charge on any atom is 0.220 e. The van der Waals surface area contributed by atoms with Gasteiger partial charge in [0.05, 0.1) is 6.61 Å². The number of nitrogens with one attached hydrogen (secondary N) is 1. The van der Waals surface area contributed by atoms with Gasteiger partial charge in [0.2, 0.25) is 5.91 Å². The second-order valence-electron chi connectivity index (χ2n) is 5.10. The molecule has 0 aliphatic rings. The molecule has 0 fully saturated rings. The van der Waals surface area contributed by atoms with E-state index >= 15 is 0 Å². The highest BCUT2D eigenvalue weighted by atomic mass is 35.5. The van der Waals surface area contributed by atoms with Gasteiger partial charge in [0.15, 0.2) is 0 Å². The Hall–Kier alpha value is -1.84. The van der Waals surface area contributed by atoms with Crippen molar-refractivity contribution in [3.63, 3.8) is 0 Å². The zero-order chi connectivity index (χ0) is 15.8. The van der Waals surface area contributed by atoms with Gasteiger partial charge in [-0.25, -0.2) is 0 Å². The van der Waals surface area contributed by atoms with Crippen LogP contribution >= 0.6 is 11.6 Å². The van der Waals surface area contributed by atoms with E-state index in [2.05, 4.69) is 5.32 Å². The number of rotatable bonds is 7. The first kappa shape index (κ1) is 16.5. The molecular weight excluding hydrogens is 298 g/mol. The quantitative estimate of drug-likeness (QED) is 0.845. The number of ether oxygens (including phenoxy) is 1. The van der Waals surface area contributed by atoms with Crippen LogP contribution in [0.25, 0.3) is 0 Å². The fourth-order valence-corrected chi connectivity index (χ4v) is 2.34. The number of carbonyl (C=O) groups is 1. The van der Waals surface area contributed by atoms with Crippen LogP contribution < -0.4 is 5.32 Å². The minimum atomic E-state index is 0.0437. The number of methoxy groups -OCH3 is 1. The predicted octanol–water partition coefficient (Wildman–Crippen LogP) is 3.74. The van der Waals surface area contributed by atoms with E-state index in [1.54, 1.807) is 7.11 Å². The third-order valence-electron chi connectivity index (χ3n) is 3.45. The first-order valence-corrected chi connectivity index (χ1v) is 7.63. The van der Waals surface area contributed by atoms with Gasteiger partial charge in [0.1, 0.15) is 0 Å². The van der Waals surface area contributed by atoms with Crippen molar-refractivity contribution in [1.29, 1.82) is 0 Å². The van der Waals surface area contributed by atoms with Crippen LogP contribution in [-0.2, 0) is 29.1 Å². The number of hydrogen-bond donors (Lipinski definition) is 1. The maximum absolute atomic E-state index is 12.0. The van der Waals surface area contributed by atoms with E-state index in [4.69, 9.17) is 16.3 Å². The van der Waals surface area contributed by atoms with E-state index in [1.165, 1.54) is 0 Å². The summed E-state index contributed by atoms with van der Waals surface area (Å²) in [6.45, 7) is 1.08. The Bertz CT molecular complexity index is 611. The van der Waals surface area contributed by atoms with Crippen LogP contribution in [0.4, 0.5) is 0 Å². The Morgan fingerprint density at radius 2 is 1.77 bits per heavy atom. The van der Waals surface area contributed by atoms with Gasteiger partial charge in [-0.1, -0.05) is 48.0 Å². The molecule has 3 nitrogen and oxygen atoms in total. The van der Waals surface area contributed by atoms with Crippen LogP contribution in [0.2, 0.25) is 5.02 Å². The molecule has 0 aliphatic heterocycles. The second-order valence-corrected chi connectivity index (χ2v) is 5.54. The van der Waals surface area contributed by atoms with E-state index in [9.17, 15) is 4.79 Å². The number of benzene rings is 2. The van der Waals surface area contributed by atoms with Gasteiger partial charge in [0, 0.05) is 25.1 Å². The summed E-state index contributed by atoms with van der Waals surface area (Å²) in [5.41, 5.74) is 3.30. The minimum absolute atomic E-state index is 0.0437. The van der Waals surface area contributed by atoms with Crippen LogP contribution in [0.3, 0.4) is 0 Å². The highest BCUT2D eigenvalue weighted by Crippen LogP contribution is 2.12. The normalized spacial score (nSPS) is 10.5. The third-order valence-corrected chi connectivity index (χ3v) is 3.70. The van der Waals surface area contributed by atoms with Gasteiger partial charge in [-0.3, -0.25) is 4.79 Å². The van der Waals surface area contributed by atoms with Gasteiger partial charge in [0.25, 0.3) is 0 Å². The summed E-state index contributed by atoms with van der Waals surface area (Å²) in [5, 5.41) is 3.67. The first-order valence-electron chi connectivity index (χ1n) is 7.26. The molecule has 0 aromatic heterocycles. The molecule has 0 unspecified atom stereocenters. The topological polar surface area (TPSA) is 38.3 Å². The summed E-state index contributed by atoms with van der Waals surface area (Å²) in [6.07, 6.45) is 1.18. The summed E-state index contributed by atoms with van der Waals surface area (Å²) in [5.74, 6) is 0.0437. The lowest BCUT2D eigenvalue weighted by Gasteiger charge is -2.10. The highest BCUT2D eigenvalue weighted by molar-refractivity contribution is 6.30. The van der Waals surface area contributed by atoms with Crippen molar-refractivity contribution in [2.75, 3.05) is 7.11 Å². The molecule has 0 aliphatic carbocycles. The fraction of sp³-hybridized carbons (Fsp3) is 0.278. The summed E-state index contributed by atoms with van der Waals surface area (Å²) in [7, 11) is 1.67. The molecule has 2 rings (SSSR count). The number of amides is 1. The number of aryl methyl sites for hydroxylation is 1. The molecule has 4 heteroatoms. The molecule has 0 spiro atoms. The molecule has 0 saturated carbocycles. The third kappa shape index (κ3) is 5.17. The molecular formula is C18H20ClNO2. The average Bonchev–Trinajstić information content (AvgIpc) is 2.54. The molecule has 116 valence electrons. The highest BCUT2D eigenvalue weighted by Gasteiger charge is 2.05. The van der Waals surface area contributed by atoms with Gasteiger partial charge >= 0.3 is 0 Å². The molecule has 22 heavy (non-hydrogen) atoms. The van der Waals surface area contributed by atoms with E-state index in [0.717, 1.165) is 16.7 Å². The SMILES string of the molecule is COCc1ccccc1CNC(=O)CCc1ccc(Cl)cc1. The molecule has 0 radical (unpaired) electrons. The Labute approximate surface area is 136 Å². The van der Waals surface area contributed by atoms with Crippen LogP contribution in [0.15, 0.2) is 48.5 Å². The lowest BCUT2D eigenvalue weighted by atomic mass is 10.1. The van der Waals surface area contributed by atoms with Crippen molar-refractivity contribution >= 4 is 17.5 Å². The lowest BCUT2D eigenvalue weighted by Crippen LogP contribution is -2.23. The number of hydrogen-bond acceptors (Lipinski definition) is 2. The standard InChI is InChI=1S/C18H20ClNO2/c1-22-13-16-5-3-2-4-15(16)12-20-18(21)11-8-14-6-9-17(19)10-7-14/h2-7,9-10H,8,11-13H2,1H3,(H,20,21). The van der Waals surface area contributed by atoms with E-state index in [1.807, 2.05) is 48.5 Å². The Morgan fingerprint density at radius 3 is 2.45 bits per heavy atom. The molecule has 2 aromatic rings. The summed E-state index contributed by atoms with van der Waals surface area (Å²) < 4.78 is 5.17. The van der Waals surface area contributed by atoms with Gasteiger partial charge < -0.3 is 10.1 Å². The smallest absolute Gasteiger partial charge is 0.220 e. The Morgan fingerprint density at radius 1 is 1.09 bits per heavy atom. The summed E-state index contributed by atoms with van der Waals surface area (Å²) in [6, 6.07) is 15.5. The van der Waals surface area contributed by atoms with Gasteiger partial charge in [-0.2, -0.15) is 0 Å². The molecule has 0 saturated heterocycles. The number of carbonyl (C=O) groups excluding carboxylic acids is 1. The molecule has 0 bridgehead atoms. The molecule has 1 N–H and O–H groups in total. The van der Waals surface area contributed by atoms with Crippen molar-refractivity contribution in [2.24, 2.45) is 0 Å². The lowest BCUT2D eigenvalue weighted by molar-refractivity contribution is -0.121. The zero-order valence-electron chi connectivity index (χ0n) is 12.6.